The molecule has 0 amide bonds. The van der Waals surface area contributed by atoms with Crippen LogP contribution in [0.5, 0.6) is 11.5 Å². The van der Waals surface area contributed by atoms with E-state index in [0.717, 1.165) is 10.9 Å². The Balaban J connectivity index is 2.08. The Morgan fingerprint density at radius 2 is 1.88 bits per heavy atom. The van der Waals surface area contributed by atoms with Crippen molar-refractivity contribution in [1.29, 1.82) is 0 Å². The second-order valence-electron chi connectivity index (χ2n) is 5.45. The molecule has 0 atom stereocenters. The Labute approximate surface area is 139 Å². The molecule has 0 bridgehead atoms. The van der Waals surface area contributed by atoms with Gasteiger partial charge in [-0.3, -0.25) is 10.7 Å². The van der Waals surface area contributed by atoms with Gasteiger partial charge in [-0.1, -0.05) is 31.2 Å². The van der Waals surface area contributed by atoms with Crippen LogP contribution < -0.4 is 5.48 Å². The maximum atomic E-state index is 10.1. The van der Waals surface area contributed by atoms with Crippen LogP contribution in [0.2, 0.25) is 0 Å². The fourth-order valence-electron chi connectivity index (χ4n) is 2.60. The number of aromatic hydroxyl groups is 2. The van der Waals surface area contributed by atoms with Crippen LogP contribution in [0.15, 0.2) is 48.5 Å². The zero-order chi connectivity index (χ0) is 17.1. The van der Waals surface area contributed by atoms with Crippen molar-refractivity contribution >= 4 is 22.7 Å². The summed E-state index contributed by atoms with van der Waals surface area (Å²) in [4.78, 5) is 4.52. The van der Waals surface area contributed by atoms with Gasteiger partial charge in [0.2, 0.25) is 0 Å². The van der Waals surface area contributed by atoms with Crippen molar-refractivity contribution in [3.63, 3.8) is 0 Å². The third-order valence-electron chi connectivity index (χ3n) is 3.90. The Kier molecular flexibility index (Phi) is 4.35. The van der Waals surface area contributed by atoms with E-state index in [-0.39, 0.29) is 11.5 Å². The summed E-state index contributed by atoms with van der Waals surface area (Å²) >= 11 is 0. The second kappa shape index (κ2) is 6.60. The van der Waals surface area contributed by atoms with Crippen LogP contribution in [0.25, 0.3) is 22.7 Å². The van der Waals surface area contributed by atoms with Gasteiger partial charge in [-0.2, -0.15) is 0 Å². The van der Waals surface area contributed by atoms with Crippen molar-refractivity contribution in [3.8, 4) is 11.5 Å². The highest BCUT2D eigenvalue weighted by atomic mass is 16.5. The largest absolute Gasteiger partial charge is 0.508 e. The molecule has 0 fully saturated rings. The summed E-state index contributed by atoms with van der Waals surface area (Å²) < 4.78 is 0. The number of hydrogen-bond donors (Lipinski definition) is 4. The molecule has 5 nitrogen and oxygen atoms in total. The SMILES string of the molecule is CCc1cc(/C(=C/c2ccc3ccccc3n2)NO)c(O)cc1O. The molecular weight excluding hydrogens is 304 g/mol. The Hall–Kier alpha value is -3.05. The van der Waals surface area contributed by atoms with E-state index in [0.29, 0.717) is 28.9 Å². The first kappa shape index (κ1) is 15.8. The highest BCUT2D eigenvalue weighted by molar-refractivity contribution is 5.85. The van der Waals surface area contributed by atoms with Crippen LogP contribution in [0.4, 0.5) is 0 Å². The van der Waals surface area contributed by atoms with Crippen LogP contribution in [0, 0.1) is 0 Å². The number of hydrogen-bond acceptors (Lipinski definition) is 5. The third-order valence-corrected chi connectivity index (χ3v) is 3.90. The molecule has 3 aromatic rings. The molecule has 0 aliphatic carbocycles. The molecular formula is C19H18N2O3. The van der Waals surface area contributed by atoms with Gasteiger partial charge in [0.1, 0.15) is 11.5 Å². The van der Waals surface area contributed by atoms with Gasteiger partial charge in [0.25, 0.3) is 0 Å². The fourth-order valence-corrected chi connectivity index (χ4v) is 2.60. The van der Waals surface area contributed by atoms with Gasteiger partial charge >= 0.3 is 0 Å². The lowest BCUT2D eigenvalue weighted by molar-refractivity contribution is 0.225. The lowest BCUT2D eigenvalue weighted by Gasteiger charge is -2.11. The summed E-state index contributed by atoms with van der Waals surface area (Å²) in [5, 5.41) is 30.4. The predicted octanol–water partition coefficient (Wildman–Crippen LogP) is 3.69. The standard InChI is InChI=1S/C19H18N2O3/c1-2-12-9-15(19(23)11-18(12)22)17(21-24)10-14-8-7-13-5-3-4-6-16(13)20-14/h3-11,21-24H,2H2,1H3/b17-10-. The van der Waals surface area contributed by atoms with Crippen LogP contribution in [-0.4, -0.2) is 20.4 Å². The van der Waals surface area contributed by atoms with Gasteiger partial charge in [-0.25, -0.2) is 4.98 Å². The van der Waals surface area contributed by atoms with E-state index in [1.165, 1.54) is 6.07 Å². The first-order chi connectivity index (χ1) is 11.6. The molecule has 0 spiro atoms. The normalized spacial score (nSPS) is 11.7. The Morgan fingerprint density at radius 1 is 1.08 bits per heavy atom. The van der Waals surface area contributed by atoms with Gasteiger partial charge < -0.3 is 10.2 Å². The molecule has 0 aliphatic rings. The number of pyridine rings is 1. The Morgan fingerprint density at radius 3 is 2.62 bits per heavy atom. The van der Waals surface area contributed by atoms with Crippen LogP contribution >= 0.6 is 0 Å². The minimum absolute atomic E-state index is 0.0277. The summed E-state index contributed by atoms with van der Waals surface area (Å²) in [5.74, 6) is -0.0989. The van der Waals surface area contributed by atoms with Crippen molar-refractivity contribution in [2.75, 3.05) is 0 Å². The van der Waals surface area contributed by atoms with Gasteiger partial charge in [0.05, 0.1) is 16.9 Å². The van der Waals surface area contributed by atoms with E-state index < -0.39 is 0 Å². The average molecular weight is 322 g/mol. The number of aryl methyl sites for hydroxylation is 1. The molecule has 4 N–H and O–H groups in total. The molecule has 0 aliphatic heterocycles. The summed E-state index contributed by atoms with van der Waals surface area (Å²) in [5.41, 5.74) is 4.94. The maximum Gasteiger partial charge on any atom is 0.128 e. The molecule has 1 aromatic heterocycles. The number of benzene rings is 2. The zero-order valence-corrected chi connectivity index (χ0v) is 13.2. The van der Waals surface area contributed by atoms with Crippen LogP contribution in [0.3, 0.4) is 0 Å². The van der Waals surface area contributed by atoms with E-state index in [1.807, 2.05) is 43.3 Å². The molecule has 0 saturated carbocycles. The first-order valence-electron chi connectivity index (χ1n) is 7.65. The van der Waals surface area contributed by atoms with Crippen molar-refractivity contribution < 1.29 is 15.4 Å². The maximum absolute atomic E-state index is 10.1. The zero-order valence-electron chi connectivity index (χ0n) is 13.2. The lowest BCUT2D eigenvalue weighted by Crippen LogP contribution is -2.06. The first-order valence-corrected chi connectivity index (χ1v) is 7.65. The Bertz CT molecular complexity index is 920. The number of fused-ring (bicyclic) bond motifs is 1. The lowest BCUT2D eigenvalue weighted by atomic mass is 10.0. The molecule has 3 rings (SSSR count). The second-order valence-corrected chi connectivity index (χ2v) is 5.45. The highest BCUT2D eigenvalue weighted by Crippen LogP contribution is 2.32. The number of phenols is 2. The number of hydroxylamine groups is 1. The van der Waals surface area contributed by atoms with Crippen LogP contribution in [-0.2, 0) is 6.42 Å². The summed E-state index contributed by atoms with van der Waals surface area (Å²) in [6, 6.07) is 14.4. The molecule has 122 valence electrons. The fraction of sp³-hybridized carbons (Fsp3) is 0.105. The molecule has 1 heterocycles. The van der Waals surface area contributed by atoms with Gasteiger partial charge in [-0.05, 0) is 36.3 Å². The average Bonchev–Trinajstić information content (AvgIpc) is 2.60. The van der Waals surface area contributed by atoms with Gasteiger partial charge in [0.15, 0.2) is 0 Å². The van der Waals surface area contributed by atoms with Crippen LogP contribution in [0.1, 0.15) is 23.7 Å². The number of nitrogens with one attached hydrogen (secondary N) is 1. The van der Waals surface area contributed by atoms with Crippen molar-refractivity contribution in [2.24, 2.45) is 0 Å². The summed E-state index contributed by atoms with van der Waals surface area (Å²) in [6.07, 6.45) is 2.24. The smallest absolute Gasteiger partial charge is 0.128 e. The topological polar surface area (TPSA) is 85.6 Å². The van der Waals surface area contributed by atoms with Crippen molar-refractivity contribution in [2.45, 2.75) is 13.3 Å². The number of para-hydroxylation sites is 1. The van der Waals surface area contributed by atoms with Crippen molar-refractivity contribution in [3.05, 3.63) is 65.4 Å². The molecule has 0 radical (unpaired) electrons. The minimum atomic E-state index is -0.127. The van der Waals surface area contributed by atoms with E-state index >= 15 is 0 Å². The predicted molar refractivity (Wildman–Crippen MR) is 93.7 cm³/mol. The molecule has 0 unspecified atom stereocenters. The van der Waals surface area contributed by atoms with Crippen molar-refractivity contribution in [1.82, 2.24) is 10.5 Å². The van der Waals surface area contributed by atoms with E-state index in [1.54, 1.807) is 12.1 Å². The summed E-state index contributed by atoms with van der Waals surface area (Å²) in [6.45, 7) is 1.90. The molecule has 2 aromatic carbocycles. The van der Waals surface area contributed by atoms with Gasteiger partial charge in [-0.15, -0.1) is 0 Å². The third kappa shape index (κ3) is 3.02. The van der Waals surface area contributed by atoms with E-state index in [2.05, 4.69) is 10.5 Å². The number of nitrogens with zero attached hydrogens (tertiary/aromatic N) is 1. The monoisotopic (exact) mass is 322 g/mol. The minimum Gasteiger partial charge on any atom is -0.508 e. The quantitative estimate of drug-likeness (QED) is 0.551. The van der Waals surface area contributed by atoms with E-state index in [4.69, 9.17) is 0 Å². The molecule has 5 heteroatoms. The molecule has 24 heavy (non-hydrogen) atoms. The summed E-state index contributed by atoms with van der Waals surface area (Å²) in [7, 11) is 0. The molecule has 0 saturated heterocycles. The van der Waals surface area contributed by atoms with E-state index in [9.17, 15) is 15.4 Å². The van der Waals surface area contributed by atoms with Gasteiger partial charge in [0, 0.05) is 17.0 Å². The number of rotatable bonds is 4. The number of aromatic nitrogens is 1. The number of phenolic OH excluding ortho intramolecular Hbond substituents is 2. The highest BCUT2D eigenvalue weighted by Gasteiger charge is 2.12.